The number of amides is 1. The van der Waals surface area contributed by atoms with Gasteiger partial charge in [0.05, 0.1) is 5.69 Å². The topological polar surface area (TPSA) is 62.5 Å². The number of fused-ring (bicyclic) bond motifs is 1. The number of aromatic nitrogens is 3. The first-order chi connectivity index (χ1) is 15.9. The number of carbonyl (C=O) groups excluding carboxylic acids is 1. The lowest BCUT2D eigenvalue weighted by Crippen LogP contribution is -2.42. The molecule has 6 nitrogen and oxygen atoms in total. The number of hydrogen-bond donors (Lipinski definition) is 1. The summed E-state index contributed by atoms with van der Waals surface area (Å²) in [5.41, 5.74) is -1.28. The van der Waals surface area contributed by atoms with Gasteiger partial charge in [0.15, 0.2) is 11.3 Å². The molecule has 0 aliphatic rings. The zero-order valence-electron chi connectivity index (χ0n) is 21.4. The van der Waals surface area contributed by atoms with Crippen LogP contribution < -0.4 is 5.32 Å². The van der Waals surface area contributed by atoms with Crippen LogP contribution in [0, 0.1) is 0 Å². The number of halogens is 3. The summed E-state index contributed by atoms with van der Waals surface area (Å²) in [7, 11) is 0. The molecule has 0 aliphatic carbocycles. The van der Waals surface area contributed by atoms with Gasteiger partial charge in [-0.1, -0.05) is 60.3 Å². The lowest BCUT2D eigenvalue weighted by molar-refractivity contribution is -0.142. The molecule has 1 amide bonds. The first-order valence-electron chi connectivity index (χ1n) is 12.4. The molecule has 1 N–H and O–H groups in total. The van der Waals surface area contributed by atoms with Crippen molar-refractivity contribution in [3.05, 3.63) is 29.2 Å². The zero-order valence-corrected chi connectivity index (χ0v) is 21.4. The summed E-state index contributed by atoms with van der Waals surface area (Å²) in [6, 6.07) is 2.17. The molecule has 34 heavy (non-hydrogen) atoms. The summed E-state index contributed by atoms with van der Waals surface area (Å²) in [5.74, 6) is -0.495. The highest BCUT2D eigenvalue weighted by molar-refractivity contribution is 5.93. The predicted octanol–water partition coefficient (Wildman–Crippen LogP) is 5.85. The van der Waals surface area contributed by atoms with Crippen molar-refractivity contribution in [1.82, 2.24) is 24.8 Å². The predicted molar refractivity (Wildman–Crippen MR) is 129 cm³/mol. The van der Waals surface area contributed by atoms with Gasteiger partial charge in [-0.3, -0.25) is 4.79 Å². The molecule has 0 fully saturated rings. The van der Waals surface area contributed by atoms with Gasteiger partial charge in [-0.15, -0.1) is 0 Å². The SMILES string of the molecule is CCCCCN(CCCCC)CC(C)NC(=O)c1cc2nc(C(C)(C)C)cc(C(F)(F)F)n2n1. The fraction of sp³-hybridized carbons (Fsp3) is 0.720. The number of carbonyl (C=O) groups is 1. The number of unbranched alkanes of at least 4 members (excludes halogenated alkanes) is 4. The number of hydrogen-bond acceptors (Lipinski definition) is 4. The van der Waals surface area contributed by atoms with E-state index in [0.717, 1.165) is 62.2 Å². The Labute approximate surface area is 201 Å². The molecule has 2 rings (SSSR count). The van der Waals surface area contributed by atoms with Crippen LogP contribution in [0.15, 0.2) is 12.1 Å². The van der Waals surface area contributed by atoms with Gasteiger partial charge in [0.1, 0.15) is 5.69 Å². The van der Waals surface area contributed by atoms with Crippen molar-refractivity contribution in [2.75, 3.05) is 19.6 Å². The van der Waals surface area contributed by atoms with Gasteiger partial charge in [0.2, 0.25) is 0 Å². The number of nitrogens with zero attached hydrogens (tertiary/aromatic N) is 4. The quantitative estimate of drug-likeness (QED) is 0.385. The second-order valence-corrected chi connectivity index (χ2v) is 10.2. The van der Waals surface area contributed by atoms with Crippen molar-refractivity contribution in [2.45, 2.75) is 97.7 Å². The molecule has 1 atom stereocenters. The Morgan fingerprint density at radius 1 is 1.06 bits per heavy atom. The molecular formula is C25H40F3N5O. The third kappa shape index (κ3) is 7.96. The lowest BCUT2D eigenvalue weighted by Gasteiger charge is -2.26. The van der Waals surface area contributed by atoms with E-state index in [1.165, 1.54) is 6.07 Å². The molecule has 9 heteroatoms. The third-order valence-corrected chi connectivity index (χ3v) is 5.78. The minimum absolute atomic E-state index is 0.0123. The van der Waals surface area contributed by atoms with Crippen LogP contribution in [-0.2, 0) is 11.6 Å². The largest absolute Gasteiger partial charge is 0.433 e. The number of alkyl halides is 3. The first kappa shape index (κ1) is 28.1. The smallest absolute Gasteiger partial charge is 0.347 e. The van der Waals surface area contributed by atoms with E-state index in [-0.39, 0.29) is 17.4 Å². The molecular weight excluding hydrogens is 443 g/mol. The van der Waals surface area contributed by atoms with Crippen molar-refractivity contribution >= 4 is 11.6 Å². The summed E-state index contributed by atoms with van der Waals surface area (Å²) < 4.78 is 41.8. The fourth-order valence-electron chi connectivity index (χ4n) is 3.87. The van der Waals surface area contributed by atoms with Crippen LogP contribution in [0.5, 0.6) is 0 Å². The van der Waals surface area contributed by atoms with Crippen LogP contribution in [0.2, 0.25) is 0 Å². The summed E-state index contributed by atoms with van der Waals surface area (Å²) in [6.07, 6.45) is 2.22. The average Bonchev–Trinajstić information content (AvgIpc) is 3.16. The highest BCUT2D eigenvalue weighted by Crippen LogP contribution is 2.32. The van der Waals surface area contributed by atoms with Crippen molar-refractivity contribution < 1.29 is 18.0 Å². The maximum absolute atomic E-state index is 13.7. The van der Waals surface area contributed by atoms with Gasteiger partial charge in [-0.25, -0.2) is 9.50 Å². The molecule has 1 unspecified atom stereocenters. The third-order valence-electron chi connectivity index (χ3n) is 5.78. The molecule has 0 bridgehead atoms. The standard InChI is InChI=1S/C25H40F3N5O/c1-7-9-11-13-32(14-12-10-8-2)17-18(3)29-23(34)19-15-22-30-20(24(4,5)6)16-21(25(26,27)28)33(22)31-19/h15-16,18H,7-14,17H2,1-6H3,(H,29,34). The first-order valence-corrected chi connectivity index (χ1v) is 12.4. The monoisotopic (exact) mass is 483 g/mol. The number of nitrogens with one attached hydrogen (secondary N) is 1. The van der Waals surface area contributed by atoms with Crippen LogP contribution in [0.1, 0.15) is 102 Å². The number of rotatable bonds is 12. The fourth-order valence-corrected chi connectivity index (χ4v) is 3.87. The Morgan fingerprint density at radius 3 is 2.15 bits per heavy atom. The van der Waals surface area contributed by atoms with E-state index >= 15 is 0 Å². The van der Waals surface area contributed by atoms with Crippen molar-refractivity contribution in [2.24, 2.45) is 0 Å². The van der Waals surface area contributed by atoms with Crippen molar-refractivity contribution in [1.29, 1.82) is 0 Å². The summed E-state index contributed by atoms with van der Waals surface area (Å²) in [4.78, 5) is 19.6. The Bertz CT molecular complexity index is 923. The van der Waals surface area contributed by atoms with Gasteiger partial charge < -0.3 is 10.2 Å². The lowest BCUT2D eigenvalue weighted by atomic mass is 9.91. The Balaban J connectivity index is 2.19. The molecule has 0 aromatic carbocycles. The highest BCUT2D eigenvalue weighted by Gasteiger charge is 2.36. The second kappa shape index (κ2) is 12.0. The van der Waals surface area contributed by atoms with E-state index in [2.05, 4.69) is 34.1 Å². The Kier molecular flexibility index (Phi) is 9.91. The molecule has 0 radical (unpaired) electrons. The van der Waals surface area contributed by atoms with Crippen LogP contribution >= 0.6 is 0 Å². The van der Waals surface area contributed by atoms with Crippen LogP contribution in [-0.4, -0.2) is 51.1 Å². The zero-order chi connectivity index (χ0) is 25.5. The molecule has 2 aromatic heterocycles. The van der Waals surface area contributed by atoms with Gasteiger partial charge in [0.25, 0.3) is 5.91 Å². The molecule has 2 heterocycles. The van der Waals surface area contributed by atoms with Crippen LogP contribution in [0.3, 0.4) is 0 Å². The second-order valence-electron chi connectivity index (χ2n) is 10.2. The molecule has 0 saturated carbocycles. The summed E-state index contributed by atoms with van der Waals surface area (Å²) >= 11 is 0. The minimum atomic E-state index is -4.62. The molecule has 0 aliphatic heterocycles. The molecule has 192 valence electrons. The van der Waals surface area contributed by atoms with Gasteiger partial charge >= 0.3 is 6.18 Å². The van der Waals surface area contributed by atoms with Crippen LogP contribution in [0.25, 0.3) is 5.65 Å². The Hall–Kier alpha value is -2.16. The van der Waals surface area contributed by atoms with E-state index < -0.39 is 23.2 Å². The van der Waals surface area contributed by atoms with Gasteiger partial charge in [-0.2, -0.15) is 18.3 Å². The average molecular weight is 484 g/mol. The van der Waals surface area contributed by atoms with E-state index in [9.17, 15) is 18.0 Å². The summed E-state index contributed by atoms with van der Waals surface area (Å²) in [6.45, 7) is 14.3. The van der Waals surface area contributed by atoms with E-state index in [0.29, 0.717) is 12.2 Å². The molecule has 0 saturated heterocycles. The summed E-state index contributed by atoms with van der Waals surface area (Å²) in [5, 5.41) is 6.87. The van der Waals surface area contributed by atoms with E-state index in [1.807, 2.05) is 6.92 Å². The normalized spacial score (nSPS) is 13.6. The van der Waals surface area contributed by atoms with Crippen molar-refractivity contribution in [3.8, 4) is 0 Å². The molecule has 2 aromatic rings. The van der Waals surface area contributed by atoms with E-state index in [1.54, 1.807) is 20.8 Å². The maximum Gasteiger partial charge on any atom is 0.433 e. The maximum atomic E-state index is 13.7. The highest BCUT2D eigenvalue weighted by atomic mass is 19.4. The van der Waals surface area contributed by atoms with E-state index in [4.69, 9.17) is 0 Å². The van der Waals surface area contributed by atoms with Crippen LogP contribution in [0.4, 0.5) is 13.2 Å². The van der Waals surface area contributed by atoms with Gasteiger partial charge in [0, 0.05) is 24.1 Å². The van der Waals surface area contributed by atoms with Crippen molar-refractivity contribution in [3.63, 3.8) is 0 Å². The minimum Gasteiger partial charge on any atom is -0.347 e. The van der Waals surface area contributed by atoms with Gasteiger partial charge in [-0.05, 0) is 38.9 Å². The Morgan fingerprint density at radius 2 is 1.65 bits per heavy atom. The molecule has 0 spiro atoms.